The summed E-state index contributed by atoms with van der Waals surface area (Å²) in [5, 5.41) is 4.73. The summed E-state index contributed by atoms with van der Waals surface area (Å²) in [5.74, 6) is -0.377. The maximum absolute atomic E-state index is 12.0. The lowest BCUT2D eigenvalue weighted by Crippen LogP contribution is -2.18. The molecule has 108 valence electrons. The van der Waals surface area contributed by atoms with Gasteiger partial charge < -0.3 is 0 Å². The van der Waals surface area contributed by atoms with E-state index in [1.807, 2.05) is 26.0 Å². The van der Waals surface area contributed by atoms with E-state index in [9.17, 15) is 4.79 Å². The molecule has 2 rings (SSSR count). The van der Waals surface area contributed by atoms with Crippen molar-refractivity contribution in [2.45, 2.75) is 13.8 Å². The van der Waals surface area contributed by atoms with Crippen LogP contribution >= 0.6 is 23.2 Å². The molecule has 21 heavy (non-hydrogen) atoms. The van der Waals surface area contributed by atoms with Gasteiger partial charge in [0.25, 0.3) is 5.91 Å². The standard InChI is InChI=1S/C16H14Cl2N2O/c1-10-3-4-12(11(2)7-10)9-19-20-16(21)14-6-5-13(17)8-15(14)18/h3-9H,1-2H3,(H,20,21). The Balaban J connectivity index is 2.08. The lowest BCUT2D eigenvalue weighted by molar-refractivity contribution is 0.0955. The molecule has 1 amide bonds. The SMILES string of the molecule is Cc1ccc(C=NNC(=O)c2ccc(Cl)cc2Cl)c(C)c1. The summed E-state index contributed by atoms with van der Waals surface area (Å²) in [4.78, 5) is 12.0. The maximum atomic E-state index is 12.0. The third kappa shape index (κ3) is 4.06. The van der Waals surface area contributed by atoms with Gasteiger partial charge in [0.1, 0.15) is 0 Å². The maximum Gasteiger partial charge on any atom is 0.272 e. The Bertz CT molecular complexity index is 711. The molecule has 0 aliphatic carbocycles. The van der Waals surface area contributed by atoms with E-state index >= 15 is 0 Å². The minimum atomic E-state index is -0.377. The van der Waals surface area contributed by atoms with Crippen LogP contribution < -0.4 is 5.43 Å². The lowest BCUT2D eigenvalue weighted by Gasteiger charge is -2.04. The molecule has 0 saturated heterocycles. The summed E-state index contributed by atoms with van der Waals surface area (Å²) < 4.78 is 0. The van der Waals surface area contributed by atoms with Crippen LogP contribution in [0.15, 0.2) is 41.5 Å². The van der Waals surface area contributed by atoms with E-state index in [4.69, 9.17) is 23.2 Å². The monoisotopic (exact) mass is 320 g/mol. The van der Waals surface area contributed by atoms with Crippen LogP contribution in [0, 0.1) is 13.8 Å². The number of hydrazone groups is 1. The van der Waals surface area contributed by atoms with E-state index < -0.39 is 0 Å². The van der Waals surface area contributed by atoms with E-state index in [2.05, 4.69) is 16.6 Å². The predicted octanol–water partition coefficient (Wildman–Crippen LogP) is 4.37. The van der Waals surface area contributed by atoms with Gasteiger partial charge in [-0.1, -0.05) is 47.0 Å². The Labute approximate surface area is 133 Å². The summed E-state index contributed by atoms with van der Waals surface area (Å²) in [7, 11) is 0. The highest BCUT2D eigenvalue weighted by Gasteiger charge is 2.09. The Morgan fingerprint density at radius 2 is 1.90 bits per heavy atom. The van der Waals surface area contributed by atoms with E-state index in [1.54, 1.807) is 18.3 Å². The van der Waals surface area contributed by atoms with Crippen LogP contribution in [0.25, 0.3) is 0 Å². The number of nitrogens with one attached hydrogen (secondary N) is 1. The predicted molar refractivity (Wildman–Crippen MR) is 87.4 cm³/mol. The smallest absolute Gasteiger partial charge is 0.267 e. The highest BCUT2D eigenvalue weighted by atomic mass is 35.5. The minimum absolute atomic E-state index is 0.293. The first-order valence-corrected chi connectivity index (χ1v) is 7.08. The number of hydrogen-bond donors (Lipinski definition) is 1. The van der Waals surface area contributed by atoms with Crippen LogP contribution in [0.2, 0.25) is 10.0 Å². The van der Waals surface area contributed by atoms with E-state index in [1.165, 1.54) is 11.6 Å². The van der Waals surface area contributed by atoms with Crippen molar-refractivity contribution < 1.29 is 4.79 Å². The molecule has 0 aliphatic rings. The summed E-state index contributed by atoms with van der Waals surface area (Å²) in [6.07, 6.45) is 1.61. The summed E-state index contributed by atoms with van der Waals surface area (Å²) in [5.41, 5.74) is 6.01. The summed E-state index contributed by atoms with van der Waals surface area (Å²) in [6.45, 7) is 4.02. The Morgan fingerprint density at radius 1 is 1.14 bits per heavy atom. The topological polar surface area (TPSA) is 41.5 Å². The zero-order chi connectivity index (χ0) is 15.4. The number of rotatable bonds is 3. The molecule has 0 saturated carbocycles. The van der Waals surface area contributed by atoms with Gasteiger partial charge in [-0.25, -0.2) is 5.43 Å². The van der Waals surface area contributed by atoms with Crippen molar-refractivity contribution in [1.82, 2.24) is 5.43 Å². The Hall–Kier alpha value is -1.84. The zero-order valence-electron chi connectivity index (χ0n) is 11.7. The molecule has 0 fully saturated rings. The number of carbonyl (C=O) groups excluding carboxylic acids is 1. The molecule has 0 bridgehead atoms. The fraction of sp³-hybridized carbons (Fsp3) is 0.125. The van der Waals surface area contributed by atoms with E-state index in [0.717, 1.165) is 11.1 Å². The quantitative estimate of drug-likeness (QED) is 0.662. The molecule has 0 atom stereocenters. The van der Waals surface area contributed by atoms with Crippen molar-refractivity contribution in [3.63, 3.8) is 0 Å². The number of nitrogens with zero attached hydrogens (tertiary/aromatic N) is 1. The van der Waals surface area contributed by atoms with Gasteiger partial charge in [-0.15, -0.1) is 0 Å². The number of amides is 1. The van der Waals surface area contributed by atoms with Crippen LogP contribution in [0.4, 0.5) is 0 Å². The first-order chi connectivity index (χ1) is 9.97. The Kier molecular flexibility index (Phi) is 4.99. The second-order valence-corrected chi connectivity index (χ2v) is 5.53. The molecule has 0 heterocycles. The average Bonchev–Trinajstić information content (AvgIpc) is 2.41. The molecule has 3 nitrogen and oxygen atoms in total. The fourth-order valence-corrected chi connectivity index (χ4v) is 2.36. The van der Waals surface area contributed by atoms with Gasteiger partial charge in [-0.05, 0) is 43.2 Å². The van der Waals surface area contributed by atoms with Gasteiger partial charge in [0.2, 0.25) is 0 Å². The summed E-state index contributed by atoms with van der Waals surface area (Å²) >= 11 is 11.8. The highest BCUT2D eigenvalue weighted by molar-refractivity contribution is 6.36. The number of benzene rings is 2. The molecule has 5 heteroatoms. The molecule has 1 N–H and O–H groups in total. The first kappa shape index (κ1) is 15.5. The normalized spacial score (nSPS) is 10.9. The Morgan fingerprint density at radius 3 is 2.57 bits per heavy atom. The van der Waals surface area contributed by atoms with Gasteiger partial charge in [-0.2, -0.15) is 5.10 Å². The van der Waals surface area contributed by atoms with Crippen LogP contribution in [0.3, 0.4) is 0 Å². The van der Waals surface area contributed by atoms with E-state index in [0.29, 0.717) is 15.6 Å². The van der Waals surface area contributed by atoms with Crippen molar-refractivity contribution in [1.29, 1.82) is 0 Å². The molecule has 2 aromatic rings. The molecule has 0 spiro atoms. The zero-order valence-corrected chi connectivity index (χ0v) is 13.2. The van der Waals surface area contributed by atoms with Gasteiger partial charge in [-0.3, -0.25) is 4.79 Å². The molecule has 0 unspecified atom stereocenters. The molecular formula is C16H14Cl2N2O. The van der Waals surface area contributed by atoms with Crippen molar-refractivity contribution in [2.75, 3.05) is 0 Å². The minimum Gasteiger partial charge on any atom is -0.267 e. The van der Waals surface area contributed by atoms with Gasteiger partial charge in [0.15, 0.2) is 0 Å². The second-order valence-electron chi connectivity index (χ2n) is 4.68. The first-order valence-electron chi connectivity index (χ1n) is 6.33. The van der Waals surface area contributed by atoms with Crippen molar-refractivity contribution in [3.05, 3.63) is 68.7 Å². The highest BCUT2D eigenvalue weighted by Crippen LogP contribution is 2.20. The fourth-order valence-electron chi connectivity index (χ4n) is 1.86. The molecule has 0 radical (unpaired) electrons. The van der Waals surface area contributed by atoms with Crippen LogP contribution in [-0.2, 0) is 0 Å². The van der Waals surface area contributed by atoms with Crippen LogP contribution in [0.1, 0.15) is 27.0 Å². The largest absolute Gasteiger partial charge is 0.272 e. The number of hydrogen-bond acceptors (Lipinski definition) is 2. The van der Waals surface area contributed by atoms with Crippen molar-refractivity contribution >= 4 is 35.3 Å². The second kappa shape index (κ2) is 6.74. The van der Waals surface area contributed by atoms with Gasteiger partial charge in [0.05, 0.1) is 16.8 Å². The third-order valence-corrected chi connectivity index (χ3v) is 3.52. The molecule has 0 aromatic heterocycles. The molecule has 2 aromatic carbocycles. The van der Waals surface area contributed by atoms with Gasteiger partial charge in [0, 0.05) is 5.02 Å². The molecule has 0 aliphatic heterocycles. The van der Waals surface area contributed by atoms with Gasteiger partial charge >= 0.3 is 0 Å². The number of aryl methyl sites for hydroxylation is 2. The van der Waals surface area contributed by atoms with Crippen molar-refractivity contribution in [3.8, 4) is 0 Å². The van der Waals surface area contributed by atoms with Crippen molar-refractivity contribution in [2.24, 2.45) is 5.10 Å². The van der Waals surface area contributed by atoms with Crippen LogP contribution in [-0.4, -0.2) is 12.1 Å². The summed E-state index contributed by atoms with van der Waals surface area (Å²) in [6, 6.07) is 10.7. The third-order valence-electron chi connectivity index (χ3n) is 2.97. The number of carbonyl (C=O) groups is 1. The van der Waals surface area contributed by atoms with Crippen LogP contribution in [0.5, 0.6) is 0 Å². The molecular weight excluding hydrogens is 307 g/mol. The van der Waals surface area contributed by atoms with E-state index in [-0.39, 0.29) is 5.91 Å². The average molecular weight is 321 g/mol. The number of halogens is 2. The lowest BCUT2D eigenvalue weighted by atomic mass is 10.1.